The van der Waals surface area contributed by atoms with Gasteiger partial charge in [-0.3, -0.25) is 10.0 Å². The summed E-state index contributed by atoms with van der Waals surface area (Å²) in [5.41, 5.74) is 1.46. The average Bonchev–Trinajstić information content (AvgIpc) is 2.66. The third-order valence-corrected chi connectivity index (χ3v) is 5.81. The average molecular weight is 435 g/mol. The Bertz CT molecular complexity index is 977. The zero-order chi connectivity index (χ0) is 20.1. The molecule has 1 heterocycles. The van der Waals surface area contributed by atoms with Gasteiger partial charge >= 0.3 is 0 Å². The Labute approximate surface area is 177 Å². The molecule has 3 rings (SSSR count). The fraction of sp³-hybridized carbons (Fsp3) is 0.143. The molecule has 0 aliphatic rings. The quantitative estimate of drug-likeness (QED) is 0.316. The van der Waals surface area contributed by atoms with E-state index in [2.05, 4.69) is 0 Å². The number of aromatic nitrogens is 1. The van der Waals surface area contributed by atoms with Crippen molar-refractivity contribution in [1.29, 1.82) is 0 Å². The molecule has 0 radical (unpaired) electrons. The van der Waals surface area contributed by atoms with Gasteiger partial charge in [0.1, 0.15) is 11.0 Å². The molecule has 7 heteroatoms. The molecule has 1 N–H and O–H groups in total. The van der Waals surface area contributed by atoms with Gasteiger partial charge in [-0.2, -0.15) is 0 Å². The van der Waals surface area contributed by atoms with Crippen LogP contribution >= 0.6 is 35.0 Å². The molecule has 4 nitrogen and oxygen atoms in total. The maximum Gasteiger partial charge on any atom is 0.292 e. The Kier molecular flexibility index (Phi) is 6.83. The fourth-order valence-corrected chi connectivity index (χ4v) is 4.50. The number of carbonyl (C=O) groups is 1. The van der Waals surface area contributed by atoms with Gasteiger partial charge in [-0.1, -0.05) is 41.4 Å². The summed E-state index contributed by atoms with van der Waals surface area (Å²) in [5.74, 6) is 0.551. The van der Waals surface area contributed by atoms with Gasteiger partial charge < -0.3 is 4.74 Å². The second-order valence-corrected chi connectivity index (χ2v) is 8.04. The number of halogens is 2. The van der Waals surface area contributed by atoms with E-state index in [1.165, 1.54) is 18.0 Å². The number of nitrogens with zero attached hydrogens (tertiary/aromatic N) is 1. The number of pyridine rings is 1. The number of Topliss-reactive ketones (excluding diaryl/α,β-unsaturated/α-hetero) is 1. The van der Waals surface area contributed by atoms with Crippen molar-refractivity contribution in [3.05, 3.63) is 88.0 Å². The summed E-state index contributed by atoms with van der Waals surface area (Å²) in [5, 5.41) is 11.0. The molecule has 144 valence electrons. The smallest absolute Gasteiger partial charge is 0.292 e. The molecule has 0 spiro atoms. The number of para-hydroxylation sites is 1. The Morgan fingerprint density at radius 3 is 2.46 bits per heavy atom. The van der Waals surface area contributed by atoms with Gasteiger partial charge in [0.25, 0.3) is 5.03 Å². The van der Waals surface area contributed by atoms with Crippen molar-refractivity contribution < 1.29 is 19.5 Å². The lowest BCUT2D eigenvalue weighted by molar-refractivity contribution is -0.932. The number of ketones is 1. The maximum atomic E-state index is 13.3. The predicted octanol–water partition coefficient (Wildman–Crippen LogP) is 5.17. The molecule has 0 aliphatic carbocycles. The summed E-state index contributed by atoms with van der Waals surface area (Å²) in [7, 11) is 1.57. The highest BCUT2D eigenvalue weighted by atomic mass is 35.5. The Morgan fingerprint density at radius 1 is 1.11 bits per heavy atom. The van der Waals surface area contributed by atoms with Crippen molar-refractivity contribution >= 4 is 40.7 Å². The summed E-state index contributed by atoms with van der Waals surface area (Å²) in [6, 6.07) is 17.7. The van der Waals surface area contributed by atoms with E-state index in [4.69, 9.17) is 27.9 Å². The first-order chi connectivity index (χ1) is 13.5. The van der Waals surface area contributed by atoms with Gasteiger partial charge in [0.05, 0.1) is 7.11 Å². The van der Waals surface area contributed by atoms with Gasteiger partial charge in [-0.25, -0.2) is 0 Å². The fourth-order valence-electron chi connectivity index (χ4n) is 2.83. The summed E-state index contributed by atoms with van der Waals surface area (Å²) in [6.45, 7) is 0. The lowest BCUT2D eigenvalue weighted by Crippen LogP contribution is -2.32. The van der Waals surface area contributed by atoms with Crippen LogP contribution in [0.1, 0.15) is 16.4 Å². The molecular weight excluding hydrogens is 417 g/mol. The molecule has 0 saturated carbocycles. The second-order valence-electron chi connectivity index (χ2n) is 6.04. The topological polar surface area (TPSA) is 50.4 Å². The van der Waals surface area contributed by atoms with Crippen LogP contribution in [-0.4, -0.2) is 18.1 Å². The van der Waals surface area contributed by atoms with E-state index >= 15 is 0 Å². The highest BCUT2D eigenvalue weighted by molar-refractivity contribution is 8.00. The number of thioether (sulfide) groups is 1. The van der Waals surface area contributed by atoms with E-state index < -0.39 is 5.25 Å². The van der Waals surface area contributed by atoms with Crippen molar-refractivity contribution in [3.8, 4) is 5.75 Å². The van der Waals surface area contributed by atoms with E-state index in [1.54, 1.807) is 43.5 Å². The van der Waals surface area contributed by atoms with Crippen LogP contribution in [0.25, 0.3) is 0 Å². The Hall–Kier alpha value is -2.21. The third-order valence-electron chi connectivity index (χ3n) is 4.06. The highest BCUT2D eigenvalue weighted by Gasteiger charge is 2.29. The predicted molar refractivity (Wildman–Crippen MR) is 111 cm³/mol. The van der Waals surface area contributed by atoms with Crippen molar-refractivity contribution in [2.45, 2.75) is 16.7 Å². The van der Waals surface area contributed by atoms with Crippen LogP contribution in [0.3, 0.4) is 0 Å². The first-order valence-corrected chi connectivity index (χ1v) is 10.1. The van der Waals surface area contributed by atoms with Crippen LogP contribution < -0.4 is 9.47 Å². The number of hydrogen-bond acceptors (Lipinski definition) is 4. The number of methoxy groups -OCH3 is 1. The minimum Gasteiger partial charge on any atom is -0.496 e. The van der Waals surface area contributed by atoms with Crippen LogP contribution in [0.4, 0.5) is 0 Å². The SMILES string of the molecule is COc1ccccc1C(Sc1cccc[n+]1O)C(=O)Cc1cc(Cl)cc(Cl)c1. The lowest BCUT2D eigenvalue weighted by atomic mass is 10.0. The number of benzene rings is 2. The number of carbonyl (C=O) groups excluding carboxylic acids is 1. The minimum absolute atomic E-state index is 0.0586. The Balaban J connectivity index is 1.97. The molecular formula is C21H18Cl2NO3S+. The normalized spacial score (nSPS) is 11.8. The van der Waals surface area contributed by atoms with Crippen molar-refractivity contribution in [2.24, 2.45) is 0 Å². The molecule has 1 unspecified atom stereocenters. The molecule has 0 bridgehead atoms. The van der Waals surface area contributed by atoms with E-state index in [1.807, 2.05) is 24.3 Å². The summed E-state index contributed by atoms with van der Waals surface area (Å²) in [6.07, 6.45) is 1.66. The van der Waals surface area contributed by atoms with Crippen LogP contribution in [0.5, 0.6) is 5.75 Å². The Morgan fingerprint density at radius 2 is 1.79 bits per heavy atom. The van der Waals surface area contributed by atoms with Crippen LogP contribution in [0.2, 0.25) is 10.0 Å². The molecule has 0 saturated heterocycles. The first kappa shape index (κ1) is 20.5. The maximum absolute atomic E-state index is 13.3. The number of hydrogen-bond donors (Lipinski definition) is 1. The van der Waals surface area contributed by atoms with Crippen LogP contribution in [-0.2, 0) is 11.2 Å². The van der Waals surface area contributed by atoms with E-state index in [0.29, 0.717) is 20.8 Å². The third kappa shape index (κ3) is 4.98. The van der Waals surface area contributed by atoms with Crippen molar-refractivity contribution in [3.63, 3.8) is 0 Å². The zero-order valence-corrected chi connectivity index (χ0v) is 17.3. The van der Waals surface area contributed by atoms with Gasteiger partial charge in [0.15, 0.2) is 5.78 Å². The molecule has 1 aromatic heterocycles. The molecule has 2 aromatic carbocycles. The van der Waals surface area contributed by atoms with Gasteiger partial charge in [0, 0.05) is 38.9 Å². The monoisotopic (exact) mass is 434 g/mol. The highest BCUT2D eigenvalue weighted by Crippen LogP contribution is 2.39. The van der Waals surface area contributed by atoms with E-state index in [-0.39, 0.29) is 12.2 Å². The second kappa shape index (κ2) is 9.32. The molecule has 28 heavy (non-hydrogen) atoms. The van der Waals surface area contributed by atoms with Crippen molar-refractivity contribution in [2.75, 3.05) is 7.11 Å². The molecule has 0 amide bonds. The summed E-state index contributed by atoms with van der Waals surface area (Å²) in [4.78, 5) is 13.3. The van der Waals surface area contributed by atoms with Gasteiger partial charge in [-0.15, -0.1) is 0 Å². The first-order valence-electron chi connectivity index (χ1n) is 8.45. The lowest BCUT2D eigenvalue weighted by Gasteiger charge is -2.17. The van der Waals surface area contributed by atoms with Crippen molar-refractivity contribution in [1.82, 2.24) is 0 Å². The largest absolute Gasteiger partial charge is 0.496 e. The van der Waals surface area contributed by atoms with Gasteiger partial charge in [0.2, 0.25) is 6.20 Å². The standard InChI is InChI=1S/C21H18Cl2NO3S/c1-27-19-7-3-2-6-17(19)21(28-20-8-4-5-9-24(20)26)18(25)12-14-10-15(22)13-16(23)11-14/h2-11,13,21,26H,12H2,1H3/q+1. The van der Waals surface area contributed by atoms with Crippen LogP contribution in [0, 0.1) is 0 Å². The van der Waals surface area contributed by atoms with E-state index in [9.17, 15) is 10.0 Å². The molecule has 0 fully saturated rings. The number of rotatable bonds is 7. The van der Waals surface area contributed by atoms with E-state index in [0.717, 1.165) is 15.9 Å². The van der Waals surface area contributed by atoms with Gasteiger partial charge in [-0.05, 0) is 47.7 Å². The minimum atomic E-state index is -0.588. The molecule has 0 aliphatic heterocycles. The molecule has 3 aromatic rings. The summed E-state index contributed by atoms with van der Waals surface area (Å²) >= 11 is 13.4. The zero-order valence-electron chi connectivity index (χ0n) is 15.0. The molecule has 1 atom stereocenters. The summed E-state index contributed by atoms with van der Waals surface area (Å²) < 4.78 is 6.45. The van der Waals surface area contributed by atoms with Crippen LogP contribution in [0.15, 0.2) is 71.9 Å². The number of ether oxygens (including phenoxy) is 1.